The van der Waals surface area contributed by atoms with Crippen LogP contribution in [0.2, 0.25) is 0 Å². The number of rotatable bonds is 2. The van der Waals surface area contributed by atoms with E-state index in [-0.39, 0.29) is 11.7 Å². The summed E-state index contributed by atoms with van der Waals surface area (Å²) in [5, 5.41) is 11.7. The van der Waals surface area contributed by atoms with Crippen LogP contribution in [0.15, 0.2) is 29.4 Å². The number of amides is 1. The van der Waals surface area contributed by atoms with Crippen LogP contribution in [-0.2, 0) is 0 Å². The van der Waals surface area contributed by atoms with Gasteiger partial charge in [-0.1, -0.05) is 17.3 Å². The minimum Gasteiger partial charge on any atom is -0.409 e. The Bertz CT molecular complexity index is 573. The van der Waals surface area contributed by atoms with Crippen molar-refractivity contribution in [1.29, 1.82) is 0 Å². The Labute approximate surface area is 123 Å². The zero-order valence-electron chi connectivity index (χ0n) is 11.9. The number of piperazine rings is 1. The summed E-state index contributed by atoms with van der Waals surface area (Å²) in [7, 11) is 0. The van der Waals surface area contributed by atoms with E-state index in [4.69, 9.17) is 10.9 Å². The largest absolute Gasteiger partial charge is 0.409 e. The van der Waals surface area contributed by atoms with Gasteiger partial charge >= 0.3 is 0 Å². The molecule has 2 aliphatic rings. The van der Waals surface area contributed by atoms with E-state index in [9.17, 15) is 4.79 Å². The number of hydrogen-bond donors (Lipinski definition) is 2. The first-order valence-electron chi connectivity index (χ1n) is 7.30. The Morgan fingerprint density at radius 3 is 2.90 bits per heavy atom. The molecule has 1 aromatic carbocycles. The molecule has 1 amide bonds. The molecule has 1 atom stereocenters. The molecule has 3 rings (SSSR count). The zero-order valence-corrected chi connectivity index (χ0v) is 11.9. The average molecular weight is 288 g/mol. The molecule has 2 saturated heterocycles. The highest BCUT2D eigenvalue weighted by Crippen LogP contribution is 2.22. The van der Waals surface area contributed by atoms with Crippen LogP contribution in [0.3, 0.4) is 0 Å². The van der Waals surface area contributed by atoms with E-state index in [2.05, 4.69) is 10.1 Å². The maximum Gasteiger partial charge on any atom is 0.253 e. The number of carbonyl (C=O) groups is 1. The predicted molar refractivity (Wildman–Crippen MR) is 79.5 cm³/mol. The molecule has 0 saturated carbocycles. The molecule has 2 heterocycles. The Kier molecular flexibility index (Phi) is 3.79. The lowest BCUT2D eigenvalue weighted by molar-refractivity contribution is 0.0571. The minimum atomic E-state index is 0.0188. The van der Waals surface area contributed by atoms with Crippen molar-refractivity contribution in [1.82, 2.24) is 9.80 Å². The van der Waals surface area contributed by atoms with Gasteiger partial charge in [0, 0.05) is 36.8 Å². The highest BCUT2D eigenvalue weighted by molar-refractivity contribution is 6.01. The fourth-order valence-corrected chi connectivity index (χ4v) is 3.23. The van der Waals surface area contributed by atoms with Gasteiger partial charge in [-0.2, -0.15) is 0 Å². The van der Waals surface area contributed by atoms with Crippen molar-refractivity contribution in [3.63, 3.8) is 0 Å². The van der Waals surface area contributed by atoms with Gasteiger partial charge in [0.05, 0.1) is 0 Å². The molecule has 2 aliphatic heterocycles. The molecule has 1 unspecified atom stereocenters. The van der Waals surface area contributed by atoms with E-state index in [0.29, 0.717) is 17.2 Å². The first-order valence-corrected chi connectivity index (χ1v) is 7.30. The quantitative estimate of drug-likeness (QED) is 0.363. The van der Waals surface area contributed by atoms with Crippen LogP contribution >= 0.6 is 0 Å². The Morgan fingerprint density at radius 2 is 2.10 bits per heavy atom. The second-order valence-electron chi connectivity index (χ2n) is 5.65. The average Bonchev–Trinajstić information content (AvgIpc) is 3.01. The van der Waals surface area contributed by atoms with Gasteiger partial charge in [-0.3, -0.25) is 9.69 Å². The number of nitrogens with zero attached hydrogens (tertiary/aromatic N) is 3. The maximum absolute atomic E-state index is 12.6. The molecule has 0 aliphatic carbocycles. The standard InChI is InChI=1S/C15H20N4O2/c16-14(17-21)11-3-1-4-12(9-11)15(20)19-8-7-18-6-2-5-13(18)10-19/h1,3-4,9,13,21H,2,5-8,10H2,(H2,16,17). The van der Waals surface area contributed by atoms with E-state index >= 15 is 0 Å². The molecular weight excluding hydrogens is 268 g/mol. The first-order chi connectivity index (χ1) is 10.2. The van der Waals surface area contributed by atoms with Crippen LogP contribution in [0.5, 0.6) is 0 Å². The number of amidine groups is 1. The molecule has 21 heavy (non-hydrogen) atoms. The number of fused-ring (bicyclic) bond motifs is 1. The van der Waals surface area contributed by atoms with E-state index in [0.717, 1.165) is 26.2 Å². The third-order valence-corrected chi connectivity index (χ3v) is 4.39. The summed E-state index contributed by atoms with van der Waals surface area (Å²) in [6, 6.07) is 7.44. The lowest BCUT2D eigenvalue weighted by Gasteiger charge is -2.37. The Hall–Kier alpha value is -2.08. The summed E-state index contributed by atoms with van der Waals surface area (Å²) in [6.07, 6.45) is 2.40. The van der Waals surface area contributed by atoms with Crippen LogP contribution < -0.4 is 5.73 Å². The van der Waals surface area contributed by atoms with Gasteiger partial charge in [0.15, 0.2) is 5.84 Å². The van der Waals surface area contributed by atoms with Gasteiger partial charge in [-0.15, -0.1) is 0 Å². The van der Waals surface area contributed by atoms with E-state index < -0.39 is 0 Å². The van der Waals surface area contributed by atoms with Crippen LogP contribution in [0.1, 0.15) is 28.8 Å². The van der Waals surface area contributed by atoms with Crippen molar-refractivity contribution >= 4 is 11.7 Å². The van der Waals surface area contributed by atoms with Gasteiger partial charge in [-0.25, -0.2) is 0 Å². The lowest BCUT2D eigenvalue weighted by atomic mass is 10.1. The SMILES string of the molecule is N/C(=N/O)c1cccc(C(=O)N2CCN3CCCC3C2)c1. The van der Waals surface area contributed by atoms with E-state index in [1.54, 1.807) is 24.3 Å². The summed E-state index contributed by atoms with van der Waals surface area (Å²) in [5.41, 5.74) is 6.73. The summed E-state index contributed by atoms with van der Waals surface area (Å²) in [4.78, 5) is 17.0. The molecule has 1 aromatic rings. The highest BCUT2D eigenvalue weighted by atomic mass is 16.4. The van der Waals surface area contributed by atoms with Crippen LogP contribution in [0.4, 0.5) is 0 Å². The number of nitrogens with two attached hydrogens (primary N) is 1. The first kappa shape index (κ1) is 13.9. The van der Waals surface area contributed by atoms with Gasteiger partial charge < -0.3 is 15.8 Å². The second kappa shape index (κ2) is 5.73. The molecule has 6 nitrogen and oxygen atoms in total. The van der Waals surface area contributed by atoms with Crippen molar-refractivity contribution in [3.8, 4) is 0 Å². The third kappa shape index (κ3) is 2.71. The van der Waals surface area contributed by atoms with Gasteiger partial charge in [0.2, 0.25) is 0 Å². The molecule has 3 N–H and O–H groups in total. The van der Waals surface area contributed by atoms with Crippen LogP contribution in [0.25, 0.3) is 0 Å². The maximum atomic E-state index is 12.6. The van der Waals surface area contributed by atoms with Gasteiger partial charge in [0.1, 0.15) is 0 Å². The summed E-state index contributed by atoms with van der Waals surface area (Å²) in [5.74, 6) is 0.0411. The third-order valence-electron chi connectivity index (χ3n) is 4.39. The topological polar surface area (TPSA) is 82.2 Å². The van der Waals surface area contributed by atoms with Crippen molar-refractivity contribution < 1.29 is 10.0 Å². The van der Waals surface area contributed by atoms with Crippen LogP contribution in [-0.4, -0.2) is 59.0 Å². The fraction of sp³-hybridized carbons (Fsp3) is 0.467. The smallest absolute Gasteiger partial charge is 0.253 e. The second-order valence-corrected chi connectivity index (χ2v) is 5.65. The summed E-state index contributed by atoms with van der Waals surface area (Å²) >= 11 is 0. The normalized spacial score (nSPS) is 23.1. The zero-order chi connectivity index (χ0) is 14.8. The Balaban J connectivity index is 1.76. The monoisotopic (exact) mass is 288 g/mol. The predicted octanol–water partition coefficient (Wildman–Crippen LogP) is 0.701. The molecule has 0 radical (unpaired) electrons. The number of oxime groups is 1. The molecule has 6 heteroatoms. The molecule has 0 bridgehead atoms. The Morgan fingerprint density at radius 1 is 1.29 bits per heavy atom. The lowest BCUT2D eigenvalue weighted by Crippen LogP contribution is -2.52. The number of hydrogen-bond acceptors (Lipinski definition) is 4. The van der Waals surface area contributed by atoms with E-state index in [1.807, 2.05) is 4.90 Å². The molecule has 0 spiro atoms. The van der Waals surface area contributed by atoms with Crippen molar-refractivity contribution in [2.75, 3.05) is 26.2 Å². The number of carbonyl (C=O) groups excluding carboxylic acids is 1. The minimum absolute atomic E-state index is 0.0188. The molecular formula is C15H20N4O2. The molecule has 112 valence electrons. The van der Waals surface area contributed by atoms with E-state index in [1.165, 1.54) is 12.8 Å². The molecule has 2 fully saturated rings. The summed E-state index contributed by atoms with van der Waals surface area (Å²) < 4.78 is 0. The molecule has 0 aromatic heterocycles. The van der Waals surface area contributed by atoms with Crippen LogP contribution in [0, 0.1) is 0 Å². The van der Waals surface area contributed by atoms with Gasteiger partial charge in [-0.05, 0) is 31.5 Å². The van der Waals surface area contributed by atoms with Gasteiger partial charge in [0.25, 0.3) is 5.91 Å². The number of benzene rings is 1. The fourth-order valence-electron chi connectivity index (χ4n) is 3.23. The summed E-state index contributed by atoms with van der Waals surface area (Å²) in [6.45, 7) is 3.68. The van der Waals surface area contributed by atoms with Crippen molar-refractivity contribution in [2.24, 2.45) is 10.9 Å². The van der Waals surface area contributed by atoms with Crippen molar-refractivity contribution in [3.05, 3.63) is 35.4 Å². The highest BCUT2D eigenvalue weighted by Gasteiger charge is 2.32. The van der Waals surface area contributed by atoms with Crippen molar-refractivity contribution in [2.45, 2.75) is 18.9 Å².